The van der Waals surface area contributed by atoms with E-state index in [9.17, 15) is 0 Å². The molecule has 1 saturated carbocycles. The molecule has 0 radical (unpaired) electrons. The van der Waals surface area contributed by atoms with E-state index in [0.29, 0.717) is 12.1 Å². The van der Waals surface area contributed by atoms with Crippen molar-refractivity contribution in [3.63, 3.8) is 0 Å². The van der Waals surface area contributed by atoms with E-state index in [4.69, 9.17) is 9.47 Å². The Bertz CT molecular complexity index is 441. The number of aliphatic imine (C=N–C) groups is 1. The molecule has 3 rings (SSSR count). The molecule has 6 nitrogen and oxygen atoms in total. The van der Waals surface area contributed by atoms with Crippen LogP contribution in [0.4, 0.5) is 0 Å². The van der Waals surface area contributed by atoms with Crippen LogP contribution in [0.5, 0.6) is 0 Å². The molecule has 1 unspecified atom stereocenters. The molecule has 0 aromatic rings. The number of hydrogen-bond acceptors (Lipinski definition) is 5. The Morgan fingerprint density at radius 2 is 2.00 bits per heavy atom. The first-order chi connectivity index (χ1) is 12.3. The van der Waals surface area contributed by atoms with Crippen molar-refractivity contribution in [1.29, 1.82) is 0 Å². The molecule has 2 aliphatic heterocycles. The molecule has 1 aliphatic carbocycles. The average molecular weight is 498 g/mol. The molecule has 26 heavy (non-hydrogen) atoms. The molecule has 2 saturated heterocycles. The first-order valence-electron chi connectivity index (χ1n) is 9.66. The summed E-state index contributed by atoms with van der Waals surface area (Å²) in [5, 5.41) is 3.71. The van der Waals surface area contributed by atoms with Crippen LogP contribution in [-0.2, 0) is 9.47 Å². The fourth-order valence-electron chi connectivity index (χ4n) is 4.45. The molecule has 0 amide bonds. The van der Waals surface area contributed by atoms with Crippen molar-refractivity contribution < 1.29 is 9.47 Å². The highest BCUT2D eigenvalue weighted by Gasteiger charge is 2.40. The van der Waals surface area contributed by atoms with Gasteiger partial charge in [0.1, 0.15) is 0 Å². The maximum Gasteiger partial charge on any atom is 0.193 e. The number of halogens is 1. The van der Waals surface area contributed by atoms with Gasteiger partial charge in [-0.25, -0.2) is 0 Å². The van der Waals surface area contributed by atoms with Crippen LogP contribution >= 0.6 is 35.7 Å². The van der Waals surface area contributed by atoms with Gasteiger partial charge in [0.2, 0.25) is 0 Å². The van der Waals surface area contributed by atoms with E-state index < -0.39 is 0 Å². The molecular formula is C18H35IN4O2S. The maximum absolute atomic E-state index is 5.78. The minimum Gasteiger partial charge on any atom is -0.382 e. The van der Waals surface area contributed by atoms with Gasteiger partial charge in [0.25, 0.3) is 0 Å². The fraction of sp³-hybridized carbons (Fsp3) is 0.944. The van der Waals surface area contributed by atoms with Gasteiger partial charge in [-0.3, -0.25) is 9.89 Å². The highest BCUT2D eigenvalue weighted by molar-refractivity contribution is 14.0. The predicted octanol–water partition coefficient (Wildman–Crippen LogP) is 1.89. The monoisotopic (exact) mass is 498 g/mol. The van der Waals surface area contributed by atoms with E-state index in [0.717, 1.165) is 32.2 Å². The molecule has 1 atom stereocenters. The summed E-state index contributed by atoms with van der Waals surface area (Å²) in [7, 11) is 3.62. The van der Waals surface area contributed by atoms with Gasteiger partial charge in [-0.2, -0.15) is 11.8 Å². The molecule has 0 aromatic heterocycles. The third kappa shape index (κ3) is 5.62. The SMILES string of the molecule is CN=C(NCC1(N2CCSCC2)CCCC1)N1CCOC(COC)C1.I. The third-order valence-electron chi connectivity index (χ3n) is 5.79. The second-order valence-electron chi connectivity index (χ2n) is 7.33. The van der Waals surface area contributed by atoms with E-state index >= 15 is 0 Å². The lowest BCUT2D eigenvalue weighted by Crippen LogP contribution is -2.59. The zero-order valence-electron chi connectivity index (χ0n) is 16.2. The summed E-state index contributed by atoms with van der Waals surface area (Å²) >= 11 is 2.09. The normalized spacial score (nSPS) is 27.2. The Kier molecular flexibility index (Phi) is 9.77. The Balaban J connectivity index is 0.00000243. The van der Waals surface area contributed by atoms with Gasteiger partial charge in [0.05, 0.1) is 19.3 Å². The van der Waals surface area contributed by atoms with Crippen LogP contribution in [0.1, 0.15) is 25.7 Å². The van der Waals surface area contributed by atoms with Gasteiger partial charge in [-0.05, 0) is 12.8 Å². The van der Waals surface area contributed by atoms with E-state index in [1.165, 1.54) is 50.3 Å². The Labute approximate surface area is 179 Å². The number of thioether (sulfide) groups is 1. The van der Waals surface area contributed by atoms with Crippen LogP contribution in [-0.4, -0.2) is 99.0 Å². The third-order valence-corrected chi connectivity index (χ3v) is 6.74. The molecule has 8 heteroatoms. The zero-order chi connectivity index (χ0) is 17.5. The Hall–Kier alpha value is 0.230. The second kappa shape index (κ2) is 11.3. The quantitative estimate of drug-likeness (QED) is 0.355. The lowest BCUT2D eigenvalue weighted by Gasteiger charge is -2.44. The van der Waals surface area contributed by atoms with Gasteiger partial charge in [-0.1, -0.05) is 12.8 Å². The summed E-state index contributed by atoms with van der Waals surface area (Å²) in [6.07, 6.45) is 5.49. The summed E-state index contributed by atoms with van der Waals surface area (Å²) in [6, 6.07) is 0. The van der Waals surface area contributed by atoms with Crippen LogP contribution in [0.25, 0.3) is 0 Å². The van der Waals surface area contributed by atoms with Gasteiger partial charge in [0.15, 0.2) is 5.96 Å². The van der Waals surface area contributed by atoms with E-state index in [2.05, 4.69) is 31.9 Å². The fourth-order valence-corrected chi connectivity index (χ4v) is 5.35. The molecule has 3 fully saturated rings. The number of methoxy groups -OCH3 is 1. The van der Waals surface area contributed by atoms with Crippen LogP contribution in [0.15, 0.2) is 4.99 Å². The number of hydrogen-bond donors (Lipinski definition) is 1. The van der Waals surface area contributed by atoms with Gasteiger partial charge in [0, 0.05) is 63.9 Å². The van der Waals surface area contributed by atoms with E-state index in [-0.39, 0.29) is 30.1 Å². The number of nitrogens with zero attached hydrogens (tertiary/aromatic N) is 3. The predicted molar refractivity (Wildman–Crippen MR) is 120 cm³/mol. The zero-order valence-corrected chi connectivity index (χ0v) is 19.4. The molecular weight excluding hydrogens is 463 g/mol. The molecule has 0 bridgehead atoms. The van der Waals surface area contributed by atoms with Crippen molar-refractivity contribution in [3.8, 4) is 0 Å². The summed E-state index contributed by atoms with van der Waals surface area (Å²) in [6.45, 7) is 6.60. The lowest BCUT2D eigenvalue weighted by atomic mass is 9.94. The molecule has 2 heterocycles. The van der Waals surface area contributed by atoms with Crippen molar-refractivity contribution in [2.45, 2.75) is 37.3 Å². The van der Waals surface area contributed by atoms with E-state index in [1.807, 2.05) is 7.05 Å². The first-order valence-corrected chi connectivity index (χ1v) is 10.8. The van der Waals surface area contributed by atoms with Gasteiger partial charge < -0.3 is 19.7 Å². The number of morpholine rings is 1. The van der Waals surface area contributed by atoms with Gasteiger partial charge >= 0.3 is 0 Å². The summed E-state index contributed by atoms with van der Waals surface area (Å²) in [4.78, 5) is 9.63. The summed E-state index contributed by atoms with van der Waals surface area (Å²) < 4.78 is 11.0. The number of nitrogens with one attached hydrogen (secondary N) is 1. The van der Waals surface area contributed by atoms with Crippen molar-refractivity contribution in [2.75, 3.05) is 71.6 Å². The Morgan fingerprint density at radius 3 is 2.65 bits per heavy atom. The largest absolute Gasteiger partial charge is 0.382 e. The standard InChI is InChI=1S/C18H34N4O2S.HI/c1-19-17(21-7-10-24-16(13-21)14-23-2)20-15-18(5-3-4-6-18)22-8-11-25-12-9-22;/h16H,3-15H2,1-2H3,(H,19,20);1H. The Morgan fingerprint density at radius 1 is 1.27 bits per heavy atom. The summed E-state index contributed by atoms with van der Waals surface area (Å²) in [5.41, 5.74) is 0.329. The van der Waals surface area contributed by atoms with Crippen LogP contribution in [0.3, 0.4) is 0 Å². The van der Waals surface area contributed by atoms with Crippen molar-refractivity contribution in [1.82, 2.24) is 15.1 Å². The van der Waals surface area contributed by atoms with Crippen molar-refractivity contribution in [2.24, 2.45) is 4.99 Å². The highest BCUT2D eigenvalue weighted by Crippen LogP contribution is 2.36. The van der Waals surface area contributed by atoms with Crippen LogP contribution in [0.2, 0.25) is 0 Å². The van der Waals surface area contributed by atoms with Crippen LogP contribution < -0.4 is 5.32 Å². The van der Waals surface area contributed by atoms with Crippen molar-refractivity contribution >= 4 is 41.7 Å². The minimum atomic E-state index is 0. The van der Waals surface area contributed by atoms with E-state index in [1.54, 1.807) is 7.11 Å². The van der Waals surface area contributed by atoms with Gasteiger partial charge in [-0.15, -0.1) is 24.0 Å². The number of ether oxygens (including phenoxy) is 2. The maximum atomic E-state index is 5.78. The lowest BCUT2D eigenvalue weighted by molar-refractivity contribution is -0.0449. The first kappa shape index (κ1) is 22.5. The molecule has 3 aliphatic rings. The van der Waals surface area contributed by atoms with Crippen LogP contribution in [0, 0.1) is 0 Å². The van der Waals surface area contributed by atoms with Crippen molar-refractivity contribution in [3.05, 3.63) is 0 Å². The summed E-state index contributed by atoms with van der Waals surface area (Å²) in [5.74, 6) is 3.57. The molecule has 0 spiro atoms. The number of guanidine groups is 1. The number of rotatable bonds is 5. The average Bonchev–Trinajstić information content (AvgIpc) is 3.14. The molecule has 0 aromatic carbocycles. The highest BCUT2D eigenvalue weighted by atomic mass is 127. The minimum absolute atomic E-state index is 0. The second-order valence-corrected chi connectivity index (χ2v) is 8.55. The molecule has 152 valence electrons. The topological polar surface area (TPSA) is 49.3 Å². The smallest absolute Gasteiger partial charge is 0.193 e. The molecule has 1 N–H and O–H groups in total.